The summed E-state index contributed by atoms with van der Waals surface area (Å²) < 4.78 is 0. The lowest BCUT2D eigenvalue weighted by Crippen LogP contribution is -2.60. The lowest BCUT2D eigenvalue weighted by atomic mass is 9.69. The molecule has 1 saturated heterocycles. The monoisotopic (exact) mass is 294 g/mol. The highest BCUT2D eigenvalue weighted by atomic mass is 15.2. The number of likely N-dealkylation sites (N-methyl/N-ethyl adjacent to an activating group) is 1. The lowest BCUT2D eigenvalue weighted by Gasteiger charge is -2.49. The Morgan fingerprint density at radius 1 is 0.952 bits per heavy atom. The molecule has 4 atom stereocenters. The minimum atomic E-state index is 0.282. The number of rotatable bonds is 4. The van der Waals surface area contributed by atoms with Gasteiger partial charge < -0.3 is 5.32 Å². The summed E-state index contributed by atoms with van der Waals surface area (Å²) in [6, 6.07) is 0.630. The van der Waals surface area contributed by atoms with Gasteiger partial charge in [-0.1, -0.05) is 33.1 Å². The summed E-state index contributed by atoms with van der Waals surface area (Å²) in [4.78, 5) is 2.78. The summed E-state index contributed by atoms with van der Waals surface area (Å²) >= 11 is 0. The first kappa shape index (κ1) is 17.3. The van der Waals surface area contributed by atoms with Crippen molar-refractivity contribution in [2.45, 2.75) is 84.2 Å². The second-order valence-corrected chi connectivity index (χ2v) is 8.35. The Labute approximate surface area is 133 Å². The Kier molecular flexibility index (Phi) is 6.14. The van der Waals surface area contributed by atoms with Crippen molar-refractivity contribution in [3.63, 3.8) is 0 Å². The standard InChI is InChI=1S/C19H38N2/c1-15-10-11-17(14-16(15)2)18(20-5)19(3,4)21-12-8-6-7-9-13-21/h15-18,20H,6-14H2,1-5H3. The summed E-state index contributed by atoms with van der Waals surface area (Å²) in [5, 5.41) is 3.72. The minimum absolute atomic E-state index is 0.282. The molecule has 2 heteroatoms. The zero-order valence-electron chi connectivity index (χ0n) is 15.1. The minimum Gasteiger partial charge on any atom is -0.315 e. The molecule has 124 valence electrons. The average molecular weight is 295 g/mol. The third-order valence-corrected chi connectivity index (χ3v) is 6.60. The van der Waals surface area contributed by atoms with Gasteiger partial charge in [0.25, 0.3) is 0 Å². The van der Waals surface area contributed by atoms with E-state index in [2.05, 4.69) is 45.0 Å². The van der Waals surface area contributed by atoms with Gasteiger partial charge in [-0.05, 0) is 77.4 Å². The molecule has 0 aromatic heterocycles. The van der Waals surface area contributed by atoms with Crippen molar-refractivity contribution in [1.29, 1.82) is 0 Å². The molecule has 0 amide bonds. The van der Waals surface area contributed by atoms with E-state index in [1.165, 1.54) is 58.0 Å². The van der Waals surface area contributed by atoms with E-state index in [-0.39, 0.29) is 5.54 Å². The fourth-order valence-electron chi connectivity index (χ4n) is 4.90. The highest BCUT2D eigenvalue weighted by molar-refractivity contribution is 4.98. The van der Waals surface area contributed by atoms with Crippen LogP contribution in [-0.2, 0) is 0 Å². The number of hydrogen-bond acceptors (Lipinski definition) is 2. The fourth-order valence-corrected chi connectivity index (χ4v) is 4.90. The Morgan fingerprint density at radius 3 is 2.10 bits per heavy atom. The number of hydrogen-bond donors (Lipinski definition) is 1. The maximum atomic E-state index is 3.72. The molecule has 2 nitrogen and oxygen atoms in total. The van der Waals surface area contributed by atoms with Gasteiger partial charge in [-0.3, -0.25) is 4.90 Å². The molecule has 1 N–H and O–H groups in total. The zero-order valence-corrected chi connectivity index (χ0v) is 15.1. The van der Waals surface area contributed by atoms with Crippen molar-refractivity contribution < 1.29 is 0 Å². The van der Waals surface area contributed by atoms with Crippen LogP contribution in [0.25, 0.3) is 0 Å². The summed E-state index contributed by atoms with van der Waals surface area (Å²) in [7, 11) is 2.19. The molecule has 0 spiro atoms. The molecule has 1 heterocycles. The molecule has 4 unspecified atom stereocenters. The van der Waals surface area contributed by atoms with Crippen molar-refractivity contribution in [2.75, 3.05) is 20.1 Å². The van der Waals surface area contributed by atoms with E-state index in [1.54, 1.807) is 0 Å². The van der Waals surface area contributed by atoms with Crippen LogP contribution in [0.2, 0.25) is 0 Å². The zero-order chi connectivity index (χ0) is 15.5. The average Bonchev–Trinajstić information content (AvgIpc) is 2.73. The second kappa shape index (κ2) is 7.46. The molecule has 2 fully saturated rings. The van der Waals surface area contributed by atoms with Crippen LogP contribution in [0.1, 0.15) is 72.6 Å². The summed E-state index contributed by atoms with van der Waals surface area (Å²) in [6.07, 6.45) is 9.86. The van der Waals surface area contributed by atoms with Gasteiger partial charge in [0.05, 0.1) is 0 Å². The van der Waals surface area contributed by atoms with Crippen molar-refractivity contribution in [2.24, 2.45) is 17.8 Å². The molecular weight excluding hydrogens is 256 g/mol. The topological polar surface area (TPSA) is 15.3 Å². The van der Waals surface area contributed by atoms with Crippen LogP contribution in [0.3, 0.4) is 0 Å². The van der Waals surface area contributed by atoms with Crippen molar-refractivity contribution in [1.82, 2.24) is 10.2 Å². The molecular formula is C19H38N2. The van der Waals surface area contributed by atoms with E-state index < -0.39 is 0 Å². The van der Waals surface area contributed by atoms with Crippen LogP contribution in [-0.4, -0.2) is 36.6 Å². The molecule has 2 rings (SSSR count). The van der Waals surface area contributed by atoms with Crippen LogP contribution in [0.4, 0.5) is 0 Å². The van der Waals surface area contributed by atoms with Gasteiger partial charge >= 0.3 is 0 Å². The Balaban J connectivity index is 2.07. The smallest absolute Gasteiger partial charge is 0.0308 e. The summed E-state index contributed by atoms with van der Waals surface area (Å²) in [5.41, 5.74) is 0.282. The van der Waals surface area contributed by atoms with Crippen LogP contribution < -0.4 is 5.32 Å². The summed E-state index contributed by atoms with van der Waals surface area (Å²) in [5.74, 6) is 2.65. The van der Waals surface area contributed by atoms with Gasteiger partial charge in [-0.2, -0.15) is 0 Å². The molecule has 1 aliphatic heterocycles. The lowest BCUT2D eigenvalue weighted by molar-refractivity contribution is 0.0393. The molecule has 1 saturated carbocycles. The van der Waals surface area contributed by atoms with Crippen molar-refractivity contribution >= 4 is 0 Å². The van der Waals surface area contributed by atoms with E-state index in [0.29, 0.717) is 6.04 Å². The first-order valence-corrected chi connectivity index (χ1v) is 9.39. The van der Waals surface area contributed by atoms with Crippen molar-refractivity contribution in [3.05, 3.63) is 0 Å². The van der Waals surface area contributed by atoms with E-state index in [0.717, 1.165) is 17.8 Å². The van der Waals surface area contributed by atoms with Gasteiger partial charge in [-0.25, -0.2) is 0 Å². The van der Waals surface area contributed by atoms with Gasteiger partial charge in [0.1, 0.15) is 0 Å². The Bertz CT molecular complexity index is 305. The number of nitrogens with zero attached hydrogens (tertiary/aromatic N) is 1. The van der Waals surface area contributed by atoms with E-state index in [1.807, 2.05) is 0 Å². The quantitative estimate of drug-likeness (QED) is 0.831. The van der Waals surface area contributed by atoms with Crippen molar-refractivity contribution in [3.8, 4) is 0 Å². The SMILES string of the molecule is CNC(C1CCC(C)C(C)C1)C(C)(C)N1CCCCCC1. The molecule has 21 heavy (non-hydrogen) atoms. The van der Waals surface area contributed by atoms with Crippen LogP contribution in [0.15, 0.2) is 0 Å². The van der Waals surface area contributed by atoms with Crippen LogP contribution in [0.5, 0.6) is 0 Å². The largest absolute Gasteiger partial charge is 0.315 e. The normalized spacial score (nSPS) is 34.4. The third-order valence-electron chi connectivity index (χ3n) is 6.60. The third kappa shape index (κ3) is 4.01. The van der Waals surface area contributed by atoms with Gasteiger partial charge in [-0.15, -0.1) is 0 Å². The maximum absolute atomic E-state index is 3.72. The predicted molar refractivity (Wildman–Crippen MR) is 92.6 cm³/mol. The molecule has 0 radical (unpaired) electrons. The van der Waals surface area contributed by atoms with Gasteiger partial charge in [0.15, 0.2) is 0 Å². The predicted octanol–water partition coefficient (Wildman–Crippen LogP) is 4.30. The summed E-state index contributed by atoms with van der Waals surface area (Å²) in [6.45, 7) is 12.5. The second-order valence-electron chi connectivity index (χ2n) is 8.35. The molecule has 2 aliphatic rings. The Hall–Kier alpha value is -0.0800. The fraction of sp³-hybridized carbons (Fsp3) is 1.00. The van der Waals surface area contributed by atoms with E-state index >= 15 is 0 Å². The first-order chi connectivity index (χ1) is 9.96. The molecule has 0 bridgehead atoms. The van der Waals surface area contributed by atoms with Gasteiger partial charge in [0, 0.05) is 11.6 Å². The van der Waals surface area contributed by atoms with E-state index in [4.69, 9.17) is 0 Å². The van der Waals surface area contributed by atoms with Crippen LogP contribution >= 0.6 is 0 Å². The first-order valence-electron chi connectivity index (χ1n) is 9.39. The van der Waals surface area contributed by atoms with Crippen LogP contribution in [0, 0.1) is 17.8 Å². The maximum Gasteiger partial charge on any atom is 0.0308 e. The molecule has 0 aromatic carbocycles. The Morgan fingerprint density at radius 2 is 1.57 bits per heavy atom. The number of nitrogens with one attached hydrogen (secondary N) is 1. The van der Waals surface area contributed by atoms with Gasteiger partial charge in [0.2, 0.25) is 0 Å². The van der Waals surface area contributed by atoms with E-state index in [9.17, 15) is 0 Å². The highest BCUT2D eigenvalue weighted by Crippen LogP contribution is 2.39. The molecule has 1 aliphatic carbocycles. The molecule has 0 aromatic rings. The number of likely N-dealkylation sites (tertiary alicyclic amines) is 1. The highest BCUT2D eigenvalue weighted by Gasteiger charge is 2.41.